The largest absolute Gasteiger partial charge is 0.220 e. The molecular weight excluding hydrogens is 261 g/mol. The number of rotatable bonds is 4. The summed E-state index contributed by atoms with van der Waals surface area (Å²) in [5.41, 5.74) is 4.23. The smallest absolute Gasteiger partial charge is 0.213 e. The molecule has 0 aliphatic heterocycles. The van der Waals surface area contributed by atoms with Crippen molar-refractivity contribution in [2.75, 3.05) is 0 Å². The van der Waals surface area contributed by atoms with E-state index in [1.807, 2.05) is 24.3 Å². The third-order valence-corrected chi connectivity index (χ3v) is 3.51. The molecule has 1 heterocycles. The molecule has 3 aromatic rings. The zero-order valence-electron chi connectivity index (χ0n) is 11.7. The summed E-state index contributed by atoms with van der Waals surface area (Å²) in [6.45, 7) is 0. The van der Waals surface area contributed by atoms with Crippen LogP contribution >= 0.6 is 0 Å². The summed E-state index contributed by atoms with van der Waals surface area (Å²) in [6.07, 6.45) is 2.03. The van der Waals surface area contributed by atoms with Gasteiger partial charge in [-0.1, -0.05) is 60.7 Å². The lowest BCUT2D eigenvalue weighted by Gasteiger charge is -2.05. The van der Waals surface area contributed by atoms with Crippen LogP contribution in [-0.2, 0) is 12.8 Å². The zero-order valence-corrected chi connectivity index (χ0v) is 11.7. The Morgan fingerprint density at radius 2 is 1.33 bits per heavy atom. The topological polar surface area (TPSA) is 12.9 Å². The average Bonchev–Trinajstić information content (AvgIpc) is 2.54. The van der Waals surface area contributed by atoms with Gasteiger partial charge < -0.3 is 0 Å². The Morgan fingerprint density at radius 3 is 2.00 bits per heavy atom. The highest BCUT2D eigenvalue weighted by Crippen LogP contribution is 2.18. The second kappa shape index (κ2) is 6.31. The first kappa shape index (κ1) is 13.5. The van der Waals surface area contributed by atoms with E-state index in [9.17, 15) is 4.39 Å². The highest BCUT2D eigenvalue weighted by atomic mass is 19.1. The summed E-state index contributed by atoms with van der Waals surface area (Å²) < 4.78 is 13.1. The molecule has 0 amide bonds. The molecule has 2 aromatic carbocycles. The van der Waals surface area contributed by atoms with E-state index >= 15 is 0 Å². The first-order chi connectivity index (χ1) is 10.3. The van der Waals surface area contributed by atoms with Crippen LogP contribution in [0.5, 0.6) is 0 Å². The van der Waals surface area contributed by atoms with Crippen molar-refractivity contribution >= 4 is 0 Å². The van der Waals surface area contributed by atoms with Crippen LogP contribution in [0.25, 0.3) is 11.3 Å². The zero-order chi connectivity index (χ0) is 14.5. The van der Waals surface area contributed by atoms with Crippen molar-refractivity contribution < 1.29 is 4.39 Å². The highest BCUT2D eigenvalue weighted by molar-refractivity contribution is 5.59. The molecule has 1 aromatic heterocycles. The Balaban J connectivity index is 1.69. The number of halogens is 1. The molecule has 0 saturated heterocycles. The molecular formula is C19H16FN. The van der Waals surface area contributed by atoms with Crippen molar-refractivity contribution in [2.24, 2.45) is 0 Å². The van der Waals surface area contributed by atoms with Gasteiger partial charge in [-0.05, 0) is 36.1 Å². The molecule has 0 spiro atoms. The number of nitrogens with zero attached hydrogens (tertiary/aromatic N) is 1. The van der Waals surface area contributed by atoms with Crippen molar-refractivity contribution in [3.63, 3.8) is 0 Å². The van der Waals surface area contributed by atoms with E-state index in [-0.39, 0.29) is 0 Å². The van der Waals surface area contributed by atoms with E-state index in [1.54, 1.807) is 6.07 Å². The predicted octanol–water partition coefficient (Wildman–Crippen LogP) is 4.67. The van der Waals surface area contributed by atoms with Gasteiger partial charge in [-0.25, -0.2) is 4.98 Å². The molecule has 104 valence electrons. The number of pyridine rings is 1. The maximum Gasteiger partial charge on any atom is 0.213 e. The molecule has 0 N–H and O–H groups in total. The molecule has 1 nitrogen and oxygen atoms in total. The normalized spacial score (nSPS) is 10.5. The lowest BCUT2D eigenvalue weighted by molar-refractivity contribution is 0.585. The Labute approximate surface area is 124 Å². The predicted molar refractivity (Wildman–Crippen MR) is 83.5 cm³/mol. The number of aryl methyl sites for hydroxylation is 2. The summed E-state index contributed by atoms with van der Waals surface area (Å²) in [7, 11) is 0. The molecule has 0 fully saturated rings. The van der Waals surface area contributed by atoms with Crippen LogP contribution < -0.4 is 0 Å². The Bertz CT molecular complexity index is 705. The maximum absolute atomic E-state index is 13.1. The van der Waals surface area contributed by atoms with Gasteiger partial charge in [0.15, 0.2) is 0 Å². The molecule has 0 atom stereocenters. The molecule has 0 radical (unpaired) electrons. The third-order valence-electron chi connectivity index (χ3n) is 3.51. The fourth-order valence-electron chi connectivity index (χ4n) is 2.34. The summed E-state index contributed by atoms with van der Waals surface area (Å²) in [5, 5.41) is 0. The molecule has 2 heteroatoms. The summed E-state index contributed by atoms with van der Waals surface area (Å²) in [5.74, 6) is -0.444. The number of aromatic nitrogens is 1. The van der Waals surface area contributed by atoms with E-state index in [2.05, 4.69) is 41.4 Å². The van der Waals surface area contributed by atoms with Gasteiger partial charge in [-0.3, -0.25) is 0 Å². The molecule has 0 unspecified atom stereocenters. The second-order valence-electron chi connectivity index (χ2n) is 5.03. The van der Waals surface area contributed by atoms with Gasteiger partial charge in [0.1, 0.15) is 0 Å². The second-order valence-corrected chi connectivity index (χ2v) is 5.03. The van der Waals surface area contributed by atoms with Crippen molar-refractivity contribution in [1.82, 2.24) is 4.98 Å². The number of benzene rings is 2. The van der Waals surface area contributed by atoms with Crippen LogP contribution in [0.2, 0.25) is 0 Å². The third kappa shape index (κ3) is 3.54. The van der Waals surface area contributed by atoms with Gasteiger partial charge >= 0.3 is 0 Å². The molecule has 0 bridgehead atoms. The van der Waals surface area contributed by atoms with Crippen LogP contribution in [0.1, 0.15) is 11.1 Å². The lowest BCUT2D eigenvalue weighted by atomic mass is 10.0. The molecule has 21 heavy (non-hydrogen) atoms. The summed E-state index contributed by atoms with van der Waals surface area (Å²) in [6, 6.07) is 23.5. The van der Waals surface area contributed by atoms with Gasteiger partial charge in [0, 0.05) is 5.56 Å². The Hall–Kier alpha value is -2.48. The van der Waals surface area contributed by atoms with Gasteiger partial charge in [-0.2, -0.15) is 4.39 Å². The quantitative estimate of drug-likeness (QED) is 0.631. The lowest BCUT2D eigenvalue weighted by Crippen LogP contribution is -1.92. The van der Waals surface area contributed by atoms with Gasteiger partial charge in [-0.15, -0.1) is 0 Å². The SMILES string of the molecule is Fc1cccc(-c2ccc(CCc3ccccc3)cc2)n1. The van der Waals surface area contributed by atoms with E-state index in [1.165, 1.54) is 17.2 Å². The minimum absolute atomic E-state index is 0.444. The van der Waals surface area contributed by atoms with Crippen LogP contribution in [0, 0.1) is 5.95 Å². The van der Waals surface area contributed by atoms with Crippen molar-refractivity contribution in [2.45, 2.75) is 12.8 Å². The van der Waals surface area contributed by atoms with Gasteiger partial charge in [0.25, 0.3) is 0 Å². The van der Waals surface area contributed by atoms with Crippen molar-refractivity contribution in [1.29, 1.82) is 0 Å². The van der Waals surface area contributed by atoms with Crippen LogP contribution in [0.3, 0.4) is 0 Å². The minimum atomic E-state index is -0.444. The Morgan fingerprint density at radius 1 is 0.667 bits per heavy atom. The number of hydrogen-bond acceptors (Lipinski definition) is 1. The van der Waals surface area contributed by atoms with Crippen LogP contribution in [0.4, 0.5) is 4.39 Å². The van der Waals surface area contributed by atoms with Gasteiger partial charge in [0.05, 0.1) is 5.69 Å². The van der Waals surface area contributed by atoms with E-state index in [0.717, 1.165) is 18.4 Å². The maximum atomic E-state index is 13.1. The molecule has 3 rings (SSSR count). The highest BCUT2D eigenvalue weighted by Gasteiger charge is 2.01. The van der Waals surface area contributed by atoms with Gasteiger partial charge in [0.2, 0.25) is 5.95 Å². The van der Waals surface area contributed by atoms with Crippen molar-refractivity contribution in [3.05, 3.63) is 89.9 Å². The monoisotopic (exact) mass is 277 g/mol. The average molecular weight is 277 g/mol. The molecule has 0 aliphatic carbocycles. The standard InChI is InChI=1S/C19H16FN/c20-19-8-4-7-18(21-19)17-13-11-16(12-14-17)10-9-15-5-2-1-3-6-15/h1-8,11-14H,9-10H2. The van der Waals surface area contributed by atoms with Crippen LogP contribution in [0.15, 0.2) is 72.8 Å². The van der Waals surface area contributed by atoms with E-state index < -0.39 is 5.95 Å². The molecule has 0 saturated carbocycles. The van der Waals surface area contributed by atoms with E-state index in [4.69, 9.17) is 0 Å². The van der Waals surface area contributed by atoms with Crippen molar-refractivity contribution in [3.8, 4) is 11.3 Å². The fourth-order valence-corrected chi connectivity index (χ4v) is 2.34. The van der Waals surface area contributed by atoms with Crippen LogP contribution in [-0.4, -0.2) is 4.98 Å². The molecule has 0 aliphatic rings. The van der Waals surface area contributed by atoms with E-state index in [0.29, 0.717) is 5.69 Å². The first-order valence-corrected chi connectivity index (χ1v) is 7.07. The Kier molecular flexibility index (Phi) is 4.06. The summed E-state index contributed by atoms with van der Waals surface area (Å²) >= 11 is 0. The summed E-state index contributed by atoms with van der Waals surface area (Å²) in [4.78, 5) is 3.90. The minimum Gasteiger partial charge on any atom is -0.220 e. The fraction of sp³-hybridized carbons (Fsp3) is 0.105. The number of hydrogen-bond donors (Lipinski definition) is 0. The first-order valence-electron chi connectivity index (χ1n) is 7.07.